The number of benzene rings is 3. The van der Waals surface area contributed by atoms with Gasteiger partial charge in [0, 0.05) is 36.1 Å². The van der Waals surface area contributed by atoms with Crippen LogP contribution in [0.1, 0.15) is 27.9 Å². The normalized spacial score (nSPS) is 10.4. The molecule has 0 aliphatic rings. The number of esters is 1. The third kappa shape index (κ3) is 7.44. The summed E-state index contributed by atoms with van der Waals surface area (Å²) in [5.74, 6) is 0.488. The van der Waals surface area contributed by atoms with E-state index in [-0.39, 0.29) is 24.7 Å². The van der Waals surface area contributed by atoms with E-state index in [2.05, 4.69) is 10.3 Å². The molecule has 0 atom stereocenters. The quantitative estimate of drug-likeness (QED) is 0.104. The van der Waals surface area contributed by atoms with Crippen LogP contribution in [0.2, 0.25) is 0 Å². The molecular formula is C31H31N5O4. The van der Waals surface area contributed by atoms with Crippen LogP contribution >= 0.6 is 0 Å². The lowest BCUT2D eigenvalue weighted by atomic mass is 10.1. The molecule has 4 rings (SSSR count). The molecular weight excluding hydrogens is 506 g/mol. The molecule has 4 aromatic rings. The minimum atomic E-state index is -0.491. The molecule has 0 bridgehead atoms. The first-order valence-electron chi connectivity index (χ1n) is 12.8. The van der Waals surface area contributed by atoms with Crippen molar-refractivity contribution in [2.75, 3.05) is 30.4 Å². The van der Waals surface area contributed by atoms with Crippen molar-refractivity contribution in [3.63, 3.8) is 0 Å². The third-order valence-electron chi connectivity index (χ3n) is 6.12. The second kappa shape index (κ2) is 13.6. The standard InChI is InChI=1S/C31H31N5O4/c1-39-26-9-2-3-10-27(26)40-29(37)17-20-36(28-11-4-5-18-35-28)31(38)24-8-6-7-22(21-24)16-19-34-25-14-12-23(13-15-25)30(32)33/h2-15,18,21,34H,16-17,19-20H2,1H3,(H3,32,33). The molecule has 4 N–H and O–H groups in total. The number of nitrogen functional groups attached to an aromatic ring is 1. The number of carbonyl (C=O) groups excluding carboxylic acids is 2. The zero-order valence-corrected chi connectivity index (χ0v) is 22.2. The van der Waals surface area contributed by atoms with Crippen LogP contribution in [0.15, 0.2) is 97.2 Å². The summed E-state index contributed by atoms with van der Waals surface area (Å²) < 4.78 is 10.7. The molecule has 0 saturated carbocycles. The molecule has 1 heterocycles. The van der Waals surface area contributed by atoms with E-state index < -0.39 is 5.97 Å². The Labute approximate surface area is 233 Å². The van der Waals surface area contributed by atoms with Gasteiger partial charge in [-0.15, -0.1) is 0 Å². The highest BCUT2D eigenvalue weighted by Crippen LogP contribution is 2.26. The number of para-hydroxylation sites is 2. The lowest BCUT2D eigenvalue weighted by Crippen LogP contribution is -2.34. The average Bonchev–Trinajstić information content (AvgIpc) is 2.98. The molecule has 0 fully saturated rings. The van der Waals surface area contributed by atoms with Crippen molar-refractivity contribution in [1.82, 2.24) is 4.98 Å². The van der Waals surface area contributed by atoms with Crippen LogP contribution in [0.25, 0.3) is 0 Å². The molecule has 0 aliphatic carbocycles. The van der Waals surface area contributed by atoms with Crippen LogP contribution in [0.4, 0.5) is 11.5 Å². The molecule has 0 unspecified atom stereocenters. The maximum Gasteiger partial charge on any atom is 0.313 e. The molecule has 9 heteroatoms. The molecule has 3 aromatic carbocycles. The summed E-state index contributed by atoms with van der Waals surface area (Å²) in [4.78, 5) is 32.1. The van der Waals surface area contributed by atoms with E-state index in [9.17, 15) is 9.59 Å². The number of carbonyl (C=O) groups is 2. The first-order valence-corrected chi connectivity index (χ1v) is 12.8. The van der Waals surface area contributed by atoms with Crippen LogP contribution in [0.3, 0.4) is 0 Å². The first kappa shape index (κ1) is 27.8. The Hall–Kier alpha value is -5.18. The lowest BCUT2D eigenvalue weighted by Gasteiger charge is -2.22. The summed E-state index contributed by atoms with van der Waals surface area (Å²) in [5.41, 5.74) is 8.57. The van der Waals surface area contributed by atoms with Crippen molar-refractivity contribution in [3.05, 3.63) is 114 Å². The Balaban J connectivity index is 1.41. The molecule has 0 spiro atoms. The summed E-state index contributed by atoms with van der Waals surface area (Å²) in [6.45, 7) is 0.738. The number of hydrogen-bond acceptors (Lipinski definition) is 7. The Kier molecular flexibility index (Phi) is 9.44. The van der Waals surface area contributed by atoms with Crippen LogP contribution in [-0.4, -0.2) is 42.9 Å². The average molecular weight is 538 g/mol. The molecule has 0 radical (unpaired) electrons. The minimum absolute atomic E-state index is 0.0288. The fraction of sp³-hybridized carbons (Fsp3) is 0.161. The third-order valence-corrected chi connectivity index (χ3v) is 6.12. The molecule has 0 saturated heterocycles. The SMILES string of the molecule is COc1ccccc1OC(=O)CCN(C(=O)c1cccc(CCNc2ccc(C(=N)N)cc2)c1)c1ccccn1. The number of hydrogen-bond donors (Lipinski definition) is 3. The van der Waals surface area contributed by atoms with Gasteiger partial charge in [-0.3, -0.25) is 19.9 Å². The second-order valence-electron chi connectivity index (χ2n) is 8.89. The van der Waals surface area contributed by atoms with E-state index in [4.69, 9.17) is 20.6 Å². The van der Waals surface area contributed by atoms with Gasteiger partial charge in [-0.1, -0.05) is 30.3 Å². The second-order valence-corrected chi connectivity index (χ2v) is 8.89. The maximum absolute atomic E-state index is 13.6. The highest BCUT2D eigenvalue weighted by Gasteiger charge is 2.21. The van der Waals surface area contributed by atoms with Gasteiger partial charge in [-0.25, -0.2) is 4.98 Å². The van der Waals surface area contributed by atoms with Crippen LogP contribution in [-0.2, 0) is 11.2 Å². The summed E-state index contributed by atoms with van der Waals surface area (Å²) in [5, 5.41) is 10.8. The van der Waals surface area contributed by atoms with Gasteiger partial charge in [0.1, 0.15) is 11.7 Å². The van der Waals surface area contributed by atoms with E-state index in [0.717, 1.165) is 11.3 Å². The predicted octanol–water partition coefficient (Wildman–Crippen LogP) is 4.67. The Bertz CT molecular complexity index is 1460. The van der Waals surface area contributed by atoms with Crippen molar-refractivity contribution in [2.24, 2.45) is 5.73 Å². The summed E-state index contributed by atoms with van der Waals surface area (Å²) >= 11 is 0. The number of methoxy groups -OCH3 is 1. The first-order chi connectivity index (χ1) is 19.4. The fourth-order valence-corrected chi connectivity index (χ4v) is 4.05. The van der Waals surface area contributed by atoms with Crippen molar-refractivity contribution in [1.29, 1.82) is 5.41 Å². The summed E-state index contributed by atoms with van der Waals surface area (Å²) in [6, 6.07) is 26.9. The van der Waals surface area contributed by atoms with E-state index >= 15 is 0 Å². The largest absolute Gasteiger partial charge is 0.493 e. The smallest absolute Gasteiger partial charge is 0.313 e. The van der Waals surface area contributed by atoms with Crippen LogP contribution in [0.5, 0.6) is 11.5 Å². The fourth-order valence-electron chi connectivity index (χ4n) is 4.05. The minimum Gasteiger partial charge on any atom is -0.493 e. The van der Waals surface area contributed by atoms with Gasteiger partial charge in [-0.05, 0) is 72.6 Å². The highest BCUT2D eigenvalue weighted by atomic mass is 16.6. The van der Waals surface area contributed by atoms with Crippen LogP contribution < -0.4 is 25.4 Å². The van der Waals surface area contributed by atoms with Gasteiger partial charge < -0.3 is 20.5 Å². The Morgan fingerprint density at radius 1 is 0.925 bits per heavy atom. The van der Waals surface area contributed by atoms with Crippen molar-refractivity contribution >= 4 is 29.2 Å². The zero-order chi connectivity index (χ0) is 28.3. The van der Waals surface area contributed by atoms with Gasteiger partial charge in [0.15, 0.2) is 11.5 Å². The van der Waals surface area contributed by atoms with E-state index in [1.54, 1.807) is 66.9 Å². The topological polar surface area (TPSA) is 131 Å². The van der Waals surface area contributed by atoms with Gasteiger partial charge >= 0.3 is 5.97 Å². The Morgan fingerprint density at radius 2 is 1.68 bits per heavy atom. The van der Waals surface area contributed by atoms with Crippen molar-refractivity contribution in [2.45, 2.75) is 12.8 Å². The Morgan fingerprint density at radius 3 is 2.38 bits per heavy atom. The number of amides is 1. The number of nitrogens with two attached hydrogens (primary N) is 1. The molecule has 40 heavy (non-hydrogen) atoms. The van der Waals surface area contributed by atoms with Gasteiger partial charge in [0.05, 0.1) is 13.5 Å². The molecule has 1 amide bonds. The maximum atomic E-state index is 13.6. The number of nitrogens with zero attached hydrogens (tertiary/aromatic N) is 2. The number of anilines is 2. The van der Waals surface area contributed by atoms with E-state index in [1.165, 1.54) is 12.0 Å². The monoisotopic (exact) mass is 537 g/mol. The molecule has 204 valence electrons. The predicted molar refractivity (Wildman–Crippen MR) is 155 cm³/mol. The van der Waals surface area contributed by atoms with Gasteiger partial charge in [0.2, 0.25) is 0 Å². The highest BCUT2D eigenvalue weighted by molar-refractivity contribution is 6.06. The number of aromatic nitrogens is 1. The molecule has 1 aromatic heterocycles. The zero-order valence-electron chi connectivity index (χ0n) is 22.2. The number of ether oxygens (including phenoxy) is 2. The van der Waals surface area contributed by atoms with E-state index in [1.807, 2.05) is 30.3 Å². The van der Waals surface area contributed by atoms with Gasteiger partial charge in [-0.2, -0.15) is 0 Å². The summed E-state index contributed by atoms with van der Waals surface area (Å²) in [6.07, 6.45) is 2.25. The number of amidine groups is 1. The van der Waals surface area contributed by atoms with Crippen molar-refractivity contribution in [3.8, 4) is 11.5 Å². The van der Waals surface area contributed by atoms with Crippen molar-refractivity contribution < 1.29 is 19.1 Å². The lowest BCUT2D eigenvalue weighted by molar-refractivity contribution is -0.134. The number of pyridine rings is 1. The molecule has 9 nitrogen and oxygen atoms in total. The number of rotatable bonds is 12. The summed E-state index contributed by atoms with van der Waals surface area (Å²) in [7, 11) is 1.51. The van der Waals surface area contributed by atoms with E-state index in [0.29, 0.717) is 41.4 Å². The van der Waals surface area contributed by atoms with Gasteiger partial charge in [0.25, 0.3) is 5.91 Å². The number of nitrogens with one attached hydrogen (secondary N) is 2. The molecule has 0 aliphatic heterocycles. The van der Waals surface area contributed by atoms with Crippen LogP contribution in [0, 0.1) is 5.41 Å².